The van der Waals surface area contributed by atoms with Crippen LogP contribution in [0.1, 0.15) is 40.8 Å². The van der Waals surface area contributed by atoms with Crippen molar-refractivity contribution in [2.24, 2.45) is 0 Å². The maximum absolute atomic E-state index is 13.5. The second-order valence-electron chi connectivity index (χ2n) is 4.39. The van der Waals surface area contributed by atoms with Crippen LogP contribution < -0.4 is 4.74 Å². The Balaban J connectivity index is 1.72. The van der Waals surface area contributed by atoms with E-state index in [1.54, 1.807) is 0 Å². The Hall–Kier alpha value is -2.24. The molecule has 1 aromatic heterocycles. The Kier molecular flexibility index (Phi) is 2.98. The molecule has 1 heterocycles. The average Bonchev–Trinajstić information content (AvgIpc) is 3.17. The summed E-state index contributed by atoms with van der Waals surface area (Å²) in [4.78, 5) is 15.0. The molecule has 2 aromatic rings. The van der Waals surface area contributed by atoms with Gasteiger partial charge in [0.1, 0.15) is 0 Å². The molecule has 5 nitrogen and oxygen atoms in total. The highest BCUT2D eigenvalue weighted by molar-refractivity contribution is 5.79. The molecule has 0 aliphatic heterocycles. The molecule has 1 aliphatic carbocycles. The summed E-state index contributed by atoms with van der Waals surface area (Å²) in [6, 6.07) is 4.16. The van der Waals surface area contributed by atoms with Crippen molar-refractivity contribution in [3.63, 3.8) is 0 Å². The van der Waals surface area contributed by atoms with Gasteiger partial charge in [-0.1, -0.05) is 11.2 Å². The van der Waals surface area contributed by atoms with Crippen molar-refractivity contribution in [2.75, 3.05) is 0 Å². The number of carbonyl (C=O) groups is 1. The molecule has 1 aliphatic rings. The largest absolute Gasteiger partial charge is 0.480 e. The molecule has 98 valence electrons. The van der Waals surface area contributed by atoms with Crippen molar-refractivity contribution in [1.29, 1.82) is 0 Å². The van der Waals surface area contributed by atoms with E-state index in [1.807, 2.05) is 0 Å². The van der Waals surface area contributed by atoms with Crippen LogP contribution in [0.2, 0.25) is 0 Å². The van der Waals surface area contributed by atoms with Gasteiger partial charge in [0.25, 0.3) is 5.89 Å². The van der Waals surface area contributed by atoms with Crippen LogP contribution in [0.15, 0.2) is 22.7 Å². The van der Waals surface area contributed by atoms with E-state index in [-0.39, 0.29) is 23.8 Å². The standard InChI is InChI=1S/C13H11FN2O3/c14-10-3-1-2-9(6-17)12(10)18-7-11-15-13(16-19-11)8-4-5-8/h1-3,6,8H,4-5,7H2. The number of aromatic nitrogens is 2. The van der Waals surface area contributed by atoms with E-state index in [4.69, 9.17) is 9.26 Å². The van der Waals surface area contributed by atoms with Crippen LogP contribution >= 0.6 is 0 Å². The van der Waals surface area contributed by atoms with Crippen molar-refractivity contribution < 1.29 is 18.4 Å². The van der Waals surface area contributed by atoms with Crippen molar-refractivity contribution in [1.82, 2.24) is 10.1 Å². The number of nitrogens with zero attached hydrogens (tertiary/aromatic N) is 2. The average molecular weight is 262 g/mol. The van der Waals surface area contributed by atoms with Crippen molar-refractivity contribution >= 4 is 6.29 Å². The van der Waals surface area contributed by atoms with Gasteiger partial charge in [0.2, 0.25) is 0 Å². The summed E-state index contributed by atoms with van der Waals surface area (Å²) >= 11 is 0. The van der Waals surface area contributed by atoms with Crippen molar-refractivity contribution in [2.45, 2.75) is 25.4 Å². The Bertz CT molecular complexity index is 608. The molecule has 19 heavy (non-hydrogen) atoms. The van der Waals surface area contributed by atoms with Gasteiger partial charge in [0.15, 0.2) is 30.3 Å². The topological polar surface area (TPSA) is 65.2 Å². The minimum Gasteiger partial charge on any atom is -0.480 e. The summed E-state index contributed by atoms with van der Waals surface area (Å²) in [7, 11) is 0. The van der Waals surface area contributed by atoms with Crippen molar-refractivity contribution in [3.8, 4) is 5.75 Å². The van der Waals surface area contributed by atoms with E-state index < -0.39 is 5.82 Å². The molecule has 0 atom stereocenters. The van der Waals surface area contributed by atoms with Gasteiger partial charge in [-0.2, -0.15) is 4.98 Å². The molecule has 1 saturated carbocycles. The minimum atomic E-state index is -0.591. The normalized spacial score (nSPS) is 14.4. The zero-order chi connectivity index (χ0) is 13.2. The lowest BCUT2D eigenvalue weighted by Crippen LogP contribution is -2.01. The number of para-hydroxylation sites is 1. The molecule has 3 rings (SSSR count). The monoisotopic (exact) mass is 262 g/mol. The van der Waals surface area contributed by atoms with E-state index >= 15 is 0 Å². The third kappa shape index (κ3) is 2.47. The first-order chi connectivity index (χ1) is 9.28. The van der Waals surface area contributed by atoms with E-state index in [0.29, 0.717) is 18.0 Å². The zero-order valence-corrected chi connectivity index (χ0v) is 10.0. The number of aldehydes is 1. The van der Waals surface area contributed by atoms with Gasteiger partial charge in [-0.05, 0) is 25.0 Å². The number of benzene rings is 1. The Morgan fingerprint density at radius 3 is 3.05 bits per heavy atom. The maximum atomic E-state index is 13.5. The van der Waals surface area contributed by atoms with E-state index in [2.05, 4.69) is 10.1 Å². The van der Waals surface area contributed by atoms with Gasteiger partial charge in [-0.25, -0.2) is 4.39 Å². The van der Waals surface area contributed by atoms with Crippen LogP contribution in [-0.2, 0) is 6.61 Å². The summed E-state index contributed by atoms with van der Waals surface area (Å²) < 4.78 is 23.8. The fraction of sp³-hybridized carbons (Fsp3) is 0.308. The van der Waals surface area contributed by atoms with Gasteiger partial charge in [-0.15, -0.1) is 0 Å². The molecule has 0 spiro atoms. The highest BCUT2D eigenvalue weighted by Crippen LogP contribution is 2.38. The summed E-state index contributed by atoms with van der Waals surface area (Å²) in [5.74, 6) is 0.649. The highest BCUT2D eigenvalue weighted by atomic mass is 19.1. The second-order valence-corrected chi connectivity index (χ2v) is 4.39. The van der Waals surface area contributed by atoms with E-state index in [9.17, 15) is 9.18 Å². The quantitative estimate of drug-likeness (QED) is 0.774. The van der Waals surface area contributed by atoms with Crippen LogP contribution in [-0.4, -0.2) is 16.4 Å². The lowest BCUT2D eigenvalue weighted by molar-refractivity contribution is 0.111. The molecule has 0 amide bonds. The van der Waals surface area contributed by atoms with Gasteiger partial charge in [0, 0.05) is 5.92 Å². The summed E-state index contributed by atoms with van der Waals surface area (Å²) in [6.07, 6.45) is 2.69. The lowest BCUT2D eigenvalue weighted by Gasteiger charge is -2.06. The molecule has 0 saturated heterocycles. The molecule has 0 N–H and O–H groups in total. The van der Waals surface area contributed by atoms with Gasteiger partial charge < -0.3 is 9.26 Å². The molecule has 1 fully saturated rings. The number of halogens is 1. The van der Waals surface area contributed by atoms with Crippen LogP contribution in [0.25, 0.3) is 0 Å². The van der Waals surface area contributed by atoms with E-state index in [1.165, 1.54) is 18.2 Å². The maximum Gasteiger partial charge on any atom is 0.264 e. The predicted molar refractivity (Wildman–Crippen MR) is 62.4 cm³/mol. The number of ether oxygens (including phenoxy) is 1. The Labute approximate surface area is 108 Å². The van der Waals surface area contributed by atoms with Gasteiger partial charge in [-0.3, -0.25) is 4.79 Å². The van der Waals surface area contributed by atoms with Gasteiger partial charge >= 0.3 is 0 Å². The van der Waals surface area contributed by atoms with Crippen LogP contribution in [0.4, 0.5) is 4.39 Å². The highest BCUT2D eigenvalue weighted by Gasteiger charge is 2.28. The third-order valence-corrected chi connectivity index (χ3v) is 2.89. The number of hydrogen-bond donors (Lipinski definition) is 0. The Morgan fingerprint density at radius 1 is 1.47 bits per heavy atom. The van der Waals surface area contributed by atoms with Crippen LogP contribution in [0.3, 0.4) is 0 Å². The molecule has 0 unspecified atom stereocenters. The molecule has 6 heteroatoms. The summed E-state index contributed by atoms with van der Waals surface area (Å²) in [5.41, 5.74) is 0.155. The third-order valence-electron chi connectivity index (χ3n) is 2.89. The van der Waals surface area contributed by atoms with Gasteiger partial charge in [0.05, 0.1) is 5.56 Å². The first-order valence-electron chi connectivity index (χ1n) is 5.97. The first kappa shape index (κ1) is 11.8. The van der Waals surface area contributed by atoms with Crippen LogP contribution in [0, 0.1) is 5.82 Å². The van der Waals surface area contributed by atoms with Crippen molar-refractivity contribution in [3.05, 3.63) is 41.3 Å². The zero-order valence-electron chi connectivity index (χ0n) is 10.0. The number of rotatable bonds is 5. The lowest BCUT2D eigenvalue weighted by atomic mass is 10.2. The number of hydrogen-bond acceptors (Lipinski definition) is 5. The molecule has 1 aromatic carbocycles. The smallest absolute Gasteiger partial charge is 0.264 e. The Morgan fingerprint density at radius 2 is 2.32 bits per heavy atom. The fourth-order valence-electron chi connectivity index (χ4n) is 1.74. The number of carbonyl (C=O) groups excluding carboxylic acids is 1. The molecule has 0 bridgehead atoms. The van der Waals surface area contributed by atoms with E-state index in [0.717, 1.165) is 12.8 Å². The predicted octanol–water partition coefficient (Wildman–Crippen LogP) is 2.48. The summed E-state index contributed by atoms with van der Waals surface area (Å²) in [5, 5.41) is 3.83. The molecule has 0 radical (unpaired) electrons. The second kappa shape index (κ2) is 4.79. The molecular formula is C13H11FN2O3. The SMILES string of the molecule is O=Cc1cccc(F)c1OCc1nc(C2CC2)no1. The fourth-order valence-corrected chi connectivity index (χ4v) is 1.74. The van der Waals surface area contributed by atoms with Crippen LogP contribution in [0.5, 0.6) is 5.75 Å². The molecular weight excluding hydrogens is 251 g/mol. The summed E-state index contributed by atoms with van der Waals surface area (Å²) in [6.45, 7) is -0.0541. The first-order valence-corrected chi connectivity index (χ1v) is 5.97. The minimum absolute atomic E-state index is 0.0541.